The van der Waals surface area contributed by atoms with Gasteiger partial charge in [-0.3, -0.25) is 4.79 Å². The van der Waals surface area contributed by atoms with Gasteiger partial charge in [0, 0.05) is 11.0 Å². The highest BCUT2D eigenvalue weighted by Gasteiger charge is 2.11. The molecule has 0 saturated heterocycles. The Morgan fingerprint density at radius 2 is 1.67 bits per heavy atom. The van der Waals surface area contributed by atoms with Gasteiger partial charge in [-0.05, 0) is 40.5 Å². The molecule has 5 heteroatoms. The summed E-state index contributed by atoms with van der Waals surface area (Å²) in [5.74, 6) is 1.37. The molecular formula is C22H22BrNO3. The lowest BCUT2D eigenvalue weighted by Crippen LogP contribution is -2.27. The summed E-state index contributed by atoms with van der Waals surface area (Å²) in [5.41, 5.74) is 2.09. The molecule has 4 nitrogen and oxygen atoms in total. The first kappa shape index (κ1) is 19.2. The Labute approximate surface area is 167 Å². The van der Waals surface area contributed by atoms with Gasteiger partial charge in [0.1, 0.15) is 0 Å². The molecule has 3 aromatic rings. The molecule has 0 aliphatic rings. The first-order chi connectivity index (χ1) is 13.1. The second kappa shape index (κ2) is 8.91. The van der Waals surface area contributed by atoms with Crippen LogP contribution in [0.15, 0.2) is 59.1 Å². The number of fused-ring (bicyclic) bond motifs is 1. The molecule has 1 amide bonds. The van der Waals surface area contributed by atoms with Gasteiger partial charge in [-0.1, -0.05) is 58.4 Å². The van der Waals surface area contributed by atoms with E-state index in [1.54, 1.807) is 14.2 Å². The standard InChI is InChI=1S/C22H22BrNO3/c1-26-20-12-17(19(23)14-21(20)27-2)10-11-24-22(25)13-16-8-5-7-15-6-3-4-9-18(15)16/h3-9,12,14H,10-11,13H2,1-2H3,(H,24,25). The maximum atomic E-state index is 12.4. The average molecular weight is 428 g/mol. The van der Waals surface area contributed by atoms with Gasteiger partial charge in [0.25, 0.3) is 0 Å². The highest BCUT2D eigenvalue weighted by atomic mass is 79.9. The van der Waals surface area contributed by atoms with Gasteiger partial charge in [0.15, 0.2) is 11.5 Å². The molecular weight excluding hydrogens is 406 g/mol. The van der Waals surface area contributed by atoms with Crippen molar-refractivity contribution < 1.29 is 14.3 Å². The lowest BCUT2D eigenvalue weighted by molar-refractivity contribution is -0.120. The van der Waals surface area contributed by atoms with Gasteiger partial charge in [0.2, 0.25) is 5.91 Å². The molecule has 0 spiro atoms. The number of rotatable bonds is 7. The number of carbonyl (C=O) groups excluding carboxylic acids is 1. The van der Waals surface area contributed by atoms with E-state index in [1.165, 1.54) is 0 Å². The summed E-state index contributed by atoms with van der Waals surface area (Å²) < 4.78 is 11.6. The summed E-state index contributed by atoms with van der Waals surface area (Å²) in [6.07, 6.45) is 1.07. The highest BCUT2D eigenvalue weighted by molar-refractivity contribution is 9.10. The van der Waals surface area contributed by atoms with Crippen LogP contribution in [0.25, 0.3) is 10.8 Å². The number of hydrogen-bond donors (Lipinski definition) is 1. The molecule has 27 heavy (non-hydrogen) atoms. The third-order valence-electron chi connectivity index (χ3n) is 4.50. The van der Waals surface area contributed by atoms with Crippen molar-refractivity contribution in [1.82, 2.24) is 5.32 Å². The van der Waals surface area contributed by atoms with Crippen molar-refractivity contribution in [1.29, 1.82) is 0 Å². The Hall–Kier alpha value is -2.53. The summed E-state index contributed by atoms with van der Waals surface area (Å²) in [4.78, 5) is 12.4. The number of methoxy groups -OCH3 is 2. The Kier molecular flexibility index (Phi) is 6.35. The molecule has 1 N–H and O–H groups in total. The van der Waals surface area contributed by atoms with E-state index in [9.17, 15) is 4.79 Å². The van der Waals surface area contributed by atoms with Crippen LogP contribution in [0.1, 0.15) is 11.1 Å². The molecule has 0 aliphatic carbocycles. The van der Waals surface area contributed by atoms with Gasteiger partial charge in [-0.2, -0.15) is 0 Å². The van der Waals surface area contributed by atoms with Crippen molar-refractivity contribution in [3.05, 3.63) is 70.2 Å². The summed E-state index contributed by atoms with van der Waals surface area (Å²) >= 11 is 3.55. The first-order valence-corrected chi connectivity index (χ1v) is 9.55. The summed E-state index contributed by atoms with van der Waals surface area (Å²) in [7, 11) is 3.22. The van der Waals surface area contributed by atoms with Gasteiger partial charge in [-0.15, -0.1) is 0 Å². The van der Waals surface area contributed by atoms with Crippen LogP contribution in [0.5, 0.6) is 11.5 Å². The topological polar surface area (TPSA) is 47.6 Å². The largest absolute Gasteiger partial charge is 0.493 e. The molecule has 0 atom stereocenters. The molecule has 3 aromatic carbocycles. The summed E-state index contributed by atoms with van der Waals surface area (Å²) in [6.45, 7) is 0.553. The number of nitrogens with one attached hydrogen (secondary N) is 1. The fourth-order valence-electron chi connectivity index (χ4n) is 3.11. The molecule has 0 heterocycles. The first-order valence-electron chi connectivity index (χ1n) is 8.76. The third kappa shape index (κ3) is 4.61. The van der Waals surface area contributed by atoms with Crippen LogP contribution in [0.4, 0.5) is 0 Å². The molecule has 0 unspecified atom stereocenters. The molecule has 0 aromatic heterocycles. The molecule has 3 rings (SSSR count). The Balaban J connectivity index is 1.61. The van der Waals surface area contributed by atoms with Crippen LogP contribution in [0, 0.1) is 0 Å². The van der Waals surface area contributed by atoms with Crippen LogP contribution < -0.4 is 14.8 Å². The quantitative estimate of drug-likeness (QED) is 0.602. The van der Waals surface area contributed by atoms with Crippen molar-refractivity contribution in [3.63, 3.8) is 0 Å². The van der Waals surface area contributed by atoms with E-state index in [1.807, 2.05) is 36.4 Å². The predicted molar refractivity (Wildman–Crippen MR) is 112 cm³/mol. The van der Waals surface area contributed by atoms with Crippen LogP contribution in [0.2, 0.25) is 0 Å². The van der Waals surface area contributed by atoms with E-state index in [0.717, 1.165) is 26.4 Å². The monoisotopic (exact) mass is 427 g/mol. The van der Waals surface area contributed by atoms with Crippen molar-refractivity contribution in [2.75, 3.05) is 20.8 Å². The zero-order valence-electron chi connectivity index (χ0n) is 15.4. The predicted octanol–water partition coefficient (Wildman–Crippen LogP) is 4.52. The third-order valence-corrected chi connectivity index (χ3v) is 5.24. The number of amides is 1. The zero-order chi connectivity index (χ0) is 19.2. The fourth-order valence-corrected chi connectivity index (χ4v) is 3.63. The zero-order valence-corrected chi connectivity index (χ0v) is 17.0. The Morgan fingerprint density at radius 1 is 0.963 bits per heavy atom. The summed E-state index contributed by atoms with van der Waals surface area (Å²) in [5, 5.41) is 5.28. The van der Waals surface area contributed by atoms with Crippen LogP contribution in [0.3, 0.4) is 0 Å². The molecule has 0 fully saturated rings. The van der Waals surface area contributed by atoms with E-state index in [4.69, 9.17) is 9.47 Å². The van der Waals surface area contributed by atoms with Gasteiger partial charge in [0.05, 0.1) is 20.6 Å². The van der Waals surface area contributed by atoms with Gasteiger partial charge >= 0.3 is 0 Å². The van der Waals surface area contributed by atoms with Crippen molar-refractivity contribution in [3.8, 4) is 11.5 Å². The molecule has 0 saturated carbocycles. The Morgan fingerprint density at radius 3 is 2.44 bits per heavy atom. The number of hydrogen-bond acceptors (Lipinski definition) is 3. The molecule has 0 aliphatic heterocycles. The molecule has 140 valence electrons. The van der Waals surface area contributed by atoms with Crippen molar-refractivity contribution in [2.45, 2.75) is 12.8 Å². The van der Waals surface area contributed by atoms with E-state index in [0.29, 0.717) is 30.9 Å². The number of halogens is 1. The number of benzene rings is 3. The normalized spacial score (nSPS) is 10.6. The smallest absolute Gasteiger partial charge is 0.224 e. The fraction of sp³-hybridized carbons (Fsp3) is 0.227. The molecule has 0 radical (unpaired) electrons. The van der Waals surface area contributed by atoms with E-state index < -0.39 is 0 Å². The number of carbonyl (C=O) groups is 1. The van der Waals surface area contributed by atoms with E-state index in [2.05, 4.69) is 39.4 Å². The maximum absolute atomic E-state index is 12.4. The molecule has 0 bridgehead atoms. The second-order valence-electron chi connectivity index (χ2n) is 6.21. The second-order valence-corrected chi connectivity index (χ2v) is 7.07. The Bertz CT molecular complexity index is 950. The minimum Gasteiger partial charge on any atom is -0.493 e. The van der Waals surface area contributed by atoms with Gasteiger partial charge in [-0.25, -0.2) is 0 Å². The van der Waals surface area contributed by atoms with Crippen molar-refractivity contribution >= 4 is 32.6 Å². The van der Waals surface area contributed by atoms with E-state index >= 15 is 0 Å². The van der Waals surface area contributed by atoms with Crippen LogP contribution in [-0.4, -0.2) is 26.7 Å². The van der Waals surface area contributed by atoms with Crippen molar-refractivity contribution in [2.24, 2.45) is 0 Å². The highest BCUT2D eigenvalue weighted by Crippen LogP contribution is 2.33. The lowest BCUT2D eigenvalue weighted by Gasteiger charge is -2.12. The van der Waals surface area contributed by atoms with Crippen LogP contribution >= 0.6 is 15.9 Å². The van der Waals surface area contributed by atoms with Gasteiger partial charge < -0.3 is 14.8 Å². The minimum atomic E-state index is 0.0166. The summed E-state index contributed by atoms with van der Waals surface area (Å²) in [6, 6.07) is 18.0. The van der Waals surface area contributed by atoms with Crippen LogP contribution in [-0.2, 0) is 17.6 Å². The van der Waals surface area contributed by atoms with E-state index in [-0.39, 0.29) is 5.91 Å². The minimum absolute atomic E-state index is 0.0166. The average Bonchev–Trinajstić information content (AvgIpc) is 2.69. The number of ether oxygens (including phenoxy) is 2. The SMILES string of the molecule is COc1cc(Br)c(CCNC(=O)Cc2cccc3ccccc23)cc1OC. The lowest BCUT2D eigenvalue weighted by atomic mass is 10.0. The maximum Gasteiger partial charge on any atom is 0.224 e.